The smallest absolute Gasteiger partial charge is 0.240 e. The van der Waals surface area contributed by atoms with E-state index in [2.05, 4.69) is 5.32 Å². The molecule has 0 aliphatic rings. The highest BCUT2D eigenvalue weighted by Gasteiger charge is 2.39. The highest BCUT2D eigenvalue weighted by Crippen LogP contribution is 2.42. The minimum absolute atomic E-state index is 0.0661. The number of benzene rings is 4. The first-order valence-electron chi connectivity index (χ1n) is 12.2. The molecule has 0 saturated heterocycles. The maximum atomic E-state index is 13.6. The number of amides is 2. The zero-order chi connectivity index (χ0) is 26.1. The van der Waals surface area contributed by atoms with Crippen molar-refractivity contribution in [2.24, 2.45) is 5.73 Å². The summed E-state index contributed by atoms with van der Waals surface area (Å²) in [6, 6.07) is 37.8. The van der Waals surface area contributed by atoms with Gasteiger partial charge in [0.05, 0.1) is 16.2 Å². The van der Waals surface area contributed by atoms with Gasteiger partial charge in [0, 0.05) is 17.1 Å². The average molecular weight is 511 g/mol. The van der Waals surface area contributed by atoms with Crippen LogP contribution in [0.2, 0.25) is 0 Å². The van der Waals surface area contributed by atoms with E-state index in [1.165, 1.54) is 0 Å². The van der Waals surface area contributed by atoms with Crippen LogP contribution in [0.4, 0.5) is 0 Å². The van der Waals surface area contributed by atoms with Crippen LogP contribution in [0.5, 0.6) is 0 Å². The zero-order valence-electron chi connectivity index (χ0n) is 20.5. The molecule has 0 fully saturated rings. The molecule has 0 aromatic heterocycles. The van der Waals surface area contributed by atoms with Gasteiger partial charge in [0.25, 0.3) is 0 Å². The van der Waals surface area contributed by atoms with E-state index in [4.69, 9.17) is 5.73 Å². The van der Waals surface area contributed by atoms with E-state index in [0.717, 1.165) is 16.7 Å². The minimum Gasteiger partial charge on any atom is -0.368 e. The van der Waals surface area contributed by atoms with Crippen molar-refractivity contribution >= 4 is 22.6 Å². The van der Waals surface area contributed by atoms with E-state index in [-0.39, 0.29) is 24.5 Å². The molecule has 2 atom stereocenters. The molecular formula is C31H30N2O3S. The SMILES string of the molecule is NC(=O)[C@@H](CC[S@](=O)c1ccccc1)NC(=O)CC(c1ccccc1)(c1ccccc1)c1ccccc1. The number of carbonyl (C=O) groups excluding carboxylic acids is 2. The van der Waals surface area contributed by atoms with E-state index in [9.17, 15) is 13.8 Å². The summed E-state index contributed by atoms with van der Waals surface area (Å²) in [6.45, 7) is 0. The van der Waals surface area contributed by atoms with Gasteiger partial charge in [-0.25, -0.2) is 0 Å². The quantitative estimate of drug-likeness (QED) is 0.290. The summed E-state index contributed by atoms with van der Waals surface area (Å²) >= 11 is 0. The van der Waals surface area contributed by atoms with Crippen molar-refractivity contribution in [3.8, 4) is 0 Å². The highest BCUT2D eigenvalue weighted by molar-refractivity contribution is 7.85. The Labute approximate surface area is 220 Å². The predicted molar refractivity (Wildman–Crippen MR) is 147 cm³/mol. The molecule has 0 saturated carbocycles. The van der Waals surface area contributed by atoms with Gasteiger partial charge >= 0.3 is 0 Å². The molecule has 4 aromatic rings. The molecule has 0 heterocycles. The number of primary amides is 1. The molecular weight excluding hydrogens is 480 g/mol. The fourth-order valence-electron chi connectivity index (χ4n) is 4.66. The molecule has 37 heavy (non-hydrogen) atoms. The molecule has 3 N–H and O–H groups in total. The summed E-state index contributed by atoms with van der Waals surface area (Å²) < 4.78 is 12.7. The van der Waals surface area contributed by atoms with E-state index in [1.807, 2.05) is 109 Å². The number of nitrogens with one attached hydrogen (secondary N) is 1. The molecule has 6 heteroatoms. The highest BCUT2D eigenvalue weighted by atomic mass is 32.2. The topological polar surface area (TPSA) is 89.3 Å². The lowest BCUT2D eigenvalue weighted by atomic mass is 9.67. The first-order chi connectivity index (χ1) is 18.0. The van der Waals surface area contributed by atoms with Crippen molar-refractivity contribution in [2.75, 3.05) is 5.75 Å². The maximum Gasteiger partial charge on any atom is 0.240 e. The molecule has 5 nitrogen and oxygen atoms in total. The van der Waals surface area contributed by atoms with Crippen molar-refractivity contribution in [2.45, 2.75) is 29.2 Å². The molecule has 0 bridgehead atoms. The Morgan fingerprint density at radius 2 is 1.11 bits per heavy atom. The molecule has 0 spiro atoms. The van der Waals surface area contributed by atoms with Crippen molar-refractivity contribution in [3.63, 3.8) is 0 Å². The van der Waals surface area contributed by atoms with Crippen LogP contribution in [0.15, 0.2) is 126 Å². The summed E-state index contributed by atoms with van der Waals surface area (Å²) in [7, 11) is -1.30. The summed E-state index contributed by atoms with van der Waals surface area (Å²) in [5, 5.41) is 2.84. The van der Waals surface area contributed by atoms with Crippen molar-refractivity contribution in [3.05, 3.63) is 138 Å². The van der Waals surface area contributed by atoms with Gasteiger partial charge in [0.15, 0.2) is 0 Å². The summed E-state index contributed by atoms with van der Waals surface area (Å²) in [5.74, 6) is -0.756. The van der Waals surface area contributed by atoms with Gasteiger partial charge in [0.2, 0.25) is 11.8 Å². The van der Waals surface area contributed by atoms with Gasteiger partial charge in [-0.05, 0) is 35.2 Å². The Hall–Kier alpha value is -4.03. The van der Waals surface area contributed by atoms with Crippen LogP contribution in [0.1, 0.15) is 29.5 Å². The van der Waals surface area contributed by atoms with Crippen LogP contribution < -0.4 is 11.1 Å². The fraction of sp³-hybridized carbons (Fsp3) is 0.161. The van der Waals surface area contributed by atoms with Crippen LogP contribution >= 0.6 is 0 Å². The Balaban J connectivity index is 1.63. The molecule has 2 amide bonds. The fourth-order valence-corrected chi connectivity index (χ4v) is 5.81. The third-order valence-corrected chi connectivity index (χ3v) is 7.91. The third-order valence-electron chi connectivity index (χ3n) is 6.50. The van der Waals surface area contributed by atoms with Crippen LogP contribution in [0, 0.1) is 0 Å². The van der Waals surface area contributed by atoms with E-state index in [0.29, 0.717) is 4.90 Å². The van der Waals surface area contributed by atoms with Gasteiger partial charge in [-0.15, -0.1) is 0 Å². The van der Waals surface area contributed by atoms with Gasteiger partial charge in [-0.3, -0.25) is 13.8 Å². The van der Waals surface area contributed by atoms with Gasteiger partial charge in [-0.1, -0.05) is 109 Å². The number of hydrogen-bond acceptors (Lipinski definition) is 3. The van der Waals surface area contributed by atoms with Gasteiger partial charge in [-0.2, -0.15) is 0 Å². The molecule has 188 valence electrons. The third kappa shape index (κ3) is 6.22. The number of hydrogen-bond donors (Lipinski definition) is 2. The normalized spacial score (nSPS) is 12.9. The van der Waals surface area contributed by atoms with Crippen molar-refractivity contribution in [1.29, 1.82) is 0 Å². The van der Waals surface area contributed by atoms with Gasteiger partial charge in [0.1, 0.15) is 6.04 Å². The monoisotopic (exact) mass is 510 g/mol. The molecule has 4 aromatic carbocycles. The first kappa shape index (κ1) is 26.0. The average Bonchev–Trinajstić information content (AvgIpc) is 2.95. The number of carbonyl (C=O) groups is 2. The summed E-state index contributed by atoms with van der Waals surface area (Å²) in [6.07, 6.45) is 0.244. The van der Waals surface area contributed by atoms with Crippen LogP contribution in [0.3, 0.4) is 0 Å². The lowest BCUT2D eigenvalue weighted by Crippen LogP contribution is -2.47. The zero-order valence-corrected chi connectivity index (χ0v) is 21.3. The van der Waals surface area contributed by atoms with Crippen LogP contribution in [-0.4, -0.2) is 27.8 Å². The summed E-state index contributed by atoms with van der Waals surface area (Å²) in [5.41, 5.74) is 7.75. The largest absolute Gasteiger partial charge is 0.368 e. The molecule has 0 aliphatic carbocycles. The Bertz CT molecular complexity index is 1230. The van der Waals surface area contributed by atoms with E-state index >= 15 is 0 Å². The number of nitrogens with two attached hydrogens (primary N) is 1. The molecule has 0 unspecified atom stereocenters. The maximum absolute atomic E-state index is 13.6. The Kier molecular flexibility index (Phi) is 8.64. The molecule has 0 radical (unpaired) electrons. The van der Waals surface area contributed by atoms with Crippen LogP contribution in [-0.2, 0) is 25.8 Å². The number of rotatable bonds is 11. The lowest BCUT2D eigenvalue weighted by Gasteiger charge is -2.36. The van der Waals surface area contributed by atoms with Gasteiger partial charge < -0.3 is 11.1 Å². The van der Waals surface area contributed by atoms with E-state index < -0.39 is 28.2 Å². The van der Waals surface area contributed by atoms with Crippen molar-refractivity contribution < 1.29 is 13.8 Å². The molecule has 4 rings (SSSR count). The predicted octanol–water partition coefficient (Wildman–Crippen LogP) is 4.58. The van der Waals surface area contributed by atoms with Crippen LogP contribution in [0.25, 0.3) is 0 Å². The Morgan fingerprint density at radius 3 is 1.51 bits per heavy atom. The first-order valence-corrected chi connectivity index (χ1v) is 13.5. The standard InChI is InChI=1S/C31H30N2O3S/c32-30(35)28(21-22-37(36)27-19-11-4-12-20-27)33-29(34)23-31(24-13-5-1-6-14-24,25-15-7-2-8-16-25)26-17-9-3-10-18-26/h1-20,28H,21-23H2,(H2,32,35)(H,33,34)/t28-,37+/m1/s1. The van der Waals surface area contributed by atoms with E-state index in [1.54, 1.807) is 12.1 Å². The second kappa shape index (κ2) is 12.3. The summed E-state index contributed by atoms with van der Waals surface area (Å²) in [4.78, 5) is 26.6. The Morgan fingerprint density at radius 1 is 0.703 bits per heavy atom. The lowest BCUT2D eigenvalue weighted by molar-refractivity contribution is -0.127. The minimum atomic E-state index is -1.30. The molecule has 0 aliphatic heterocycles. The second-order valence-electron chi connectivity index (χ2n) is 8.85. The van der Waals surface area contributed by atoms with Crippen molar-refractivity contribution in [1.82, 2.24) is 5.32 Å². The second-order valence-corrected chi connectivity index (χ2v) is 10.4.